The van der Waals surface area contributed by atoms with Gasteiger partial charge in [0.15, 0.2) is 5.15 Å². The molecule has 0 atom stereocenters. The first kappa shape index (κ1) is 24.5. The lowest BCUT2D eigenvalue weighted by molar-refractivity contribution is 0.429. The second kappa shape index (κ2) is 10.5. The molecule has 2 aromatic carbocycles. The van der Waals surface area contributed by atoms with Crippen LogP contribution in [0.1, 0.15) is 25.2 Å². The van der Waals surface area contributed by atoms with Crippen LogP contribution in [0.25, 0.3) is 0 Å². The Morgan fingerprint density at radius 3 is 2.17 bits per heavy atom. The van der Waals surface area contributed by atoms with E-state index in [1.54, 1.807) is 0 Å². The molecule has 3 rings (SSSR count). The van der Waals surface area contributed by atoms with Gasteiger partial charge < -0.3 is 4.74 Å². The van der Waals surface area contributed by atoms with E-state index < -0.39 is 10.0 Å². The summed E-state index contributed by atoms with van der Waals surface area (Å²) < 4.78 is 29.4. The van der Waals surface area contributed by atoms with E-state index in [1.807, 2.05) is 35.8 Å². The molecule has 2 N–H and O–H groups in total. The van der Waals surface area contributed by atoms with Crippen LogP contribution in [0.5, 0.6) is 11.6 Å². The summed E-state index contributed by atoms with van der Waals surface area (Å²) in [5.41, 5.74) is 1.20. The highest BCUT2D eigenvalue weighted by Gasteiger charge is 2.15. The summed E-state index contributed by atoms with van der Waals surface area (Å²) >= 11 is 17.3. The highest BCUT2D eigenvalue weighted by Crippen LogP contribution is 2.30. The van der Waals surface area contributed by atoms with Gasteiger partial charge in [0.1, 0.15) is 11.6 Å². The molecule has 1 aromatic heterocycles. The topological polar surface area (TPSA) is 87.2 Å². The molecule has 0 amide bonds. The van der Waals surface area contributed by atoms with Crippen LogP contribution in [-0.4, -0.2) is 18.0 Å². The minimum absolute atomic E-state index is 0.0445. The van der Waals surface area contributed by atoms with Gasteiger partial charge in [-0.15, -0.1) is 0 Å². The lowest BCUT2D eigenvalue weighted by Crippen LogP contribution is -2.11. The van der Waals surface area contributed by atoms with Crippen molar-refractivity contribution in [2.24, 2.45) is 5.14 Å². The maximum atomic E-state index is 10.8. The molecule has 162 valence electrons. The third-order valence-electron chi connectivity index (χ3n) is 4.05. The van der Waals surface area contributed by atoms with E-state index in [-0.39, 0.29) is 9.92 Å². The van der Waals surface area contributed by atoms with Crippen LogP contribution in [0.4, 0.5) is 0 Å². The zero-order chi connectivity index (χ0) is 22.5. The summed E-state index contributed by atoms with van der Waals surface area (Å²) in [6.07, 6.45) is 0.838. The zero-order valence-corrected chi connectivity index (χ0v) is 19.8. The first-order valence-electron chi connectivity index (χ1n) is 9.04. The smallest absolute Gasteiger partial charge is 0.239 e. The fourth-order valence-corrected chi connectivity index (χ4v) is 3.66. The average molecular weight is 491 g/mol. The van der Waals surface area contributed by atoms with Gasteiger partial charge in [-0.25, -0.2) is 18.5 Å². The van der Waals surface area contributed by atoms with Crippen LogP contribution in [0.2, 0.25) is 15.2 Å². The van der Waals surface area contributed by atoms with Crippen LogP contribution in [-0.2, 0) is 23.0 Å². The minimum atomic E-state index is -3.69. The van der Waals surface area contributed by atoms with Crippen LogP contribution in [0.15, 0.2) is 47.4 Å². The fraction of sp³-hybridized carbons (Fsp3) is 0.250. The Morgan fingerprint density at radius 2 is 1.67 bits per heavy atom. The molecule has 0 spiro atoms. The van der Waals surface area contributed by atoms with Crippen molar-refractivity contribution < 1.29 is 13.2 Å². The van der Waals surface area contributed by atoms with E-state index in [9.17, 15) is 8.42 Å². The number of benzene rings is 2. The Kier molecular flexibility index (Phi) is 8.58. The van der Waals surface area contributed by atoms with E-state index in [0.717, 1.165) is 24.5 Å². The van der Waals surface area contributed by atoms with Gasteiger partial charge in [0, 0.05) is 13.0 Å². The van der Waals surface area contributed by atoms with Crippen molar-refractivity contribution in [2.45, 2.75) is 38.6 Å². The van der Waals surface area contributed by atoms with E-state index in [0.29, 0.717) is 16.1 Å². The van der Waals surface area contributed by atoms with Gasteiger partial charge in [0.05, 0.1) is 14.9 Å². The first-order valence-corrected chi connectivity index (χ1v) is 11.7. The number of sulfonamides is 1. The van der Waals surface area contributed by atoms with Crippen molar-refractivity contribution >= 4 is 44.8 Å². The largest absolute Gasteiger partial charge is 0.438 e. The second-order valence-electron chi connectivity index (χ2n) is 6.26. The lowest BCUT2D eigenvalue weighted by atomic mass is 10.2. The predicted octanol–water partition coefficient (Wildman–Crippen LogP) is 5.86. The number of nitrogens with two attached hydrogens (primary N) is 1. The number of rotatable bonds is 5. The maximum Gasteiger partial charge on any atom is 0.239 e. The summed E-state index contributed by atoms with van der Waals surface area (Å²) in [6, 6.07) is 11.8. The first-order chi connectivity index (χ1) is 14.1. The van der Waals surface area contributed by atoms with Crippen LogP contribution in [0, 0.1) is 6.92 Å². The number of primary sulfonamides is 1. The maximum absolute atomic E-state index is 10.8. The summed E-state index contributed by atoms with van der Waals surface area (Å²) in [7, 11) is -3.69. The molecule has 1 heterocycles. The molecule has 3 aromatic rings. The highest BCUT2D eigenvalue weighted by molar-refractivity contribution is 7.89. The molecular formula is C20H22Cl3N3O3S. The Morgan fingerprint density at radius 1 is 1.03 bits per heavy atom. The molecule has 30 heavy (non-hydrogen) atoms. The SMILES string of the molecule is CCc1nc(Cl)c(Oc2ccc(C)cc2)n1CC.NS(=O)(=O)c1ccc(Cl)c(Cl)c1. The fourth-order valence-electron chi connectivity index (χ4n) is 2.52. The normalized spacial score (nSPS) is 11.0. The van der Waals surface area contributed by atoms with Gasteiger partial charge in [0.25, 0.3) is 0 Å². The van der Waals surface area contributed by atoms with Gasteiger partial charge in [-0.3, -0.25) is 4.57 Å². The van der Waals surface area contributed by atoms with E-state index in [4.69, 9.17) is 44.7 Å². The van der Waals surface area contributed by atoms with E-state index in [1.165, 1.54) is 23.8 Å². The van der Waals surface area contributed by atoms with Crippen molar-refractivity contribution in [3.63, 3.8) is 0 Å². The average Bonchev–Trinajstić information content (AvgIpc) is 3.00. The van der Waals surface area contributed by atoms with Crippen molar-refractivity contribution in [3.8, 4) is 11.6 Å². The molecule has 0 radical (unpaired) electrons. The van der Waals surface area contributed by atoms with Gasteiger partial charge in [-0.2, -0.15) is 0 Å². The molecule has 0 bridgehead atoms. The number of hydrogen-bond donors (Lipinski definition) is 1. The van der Waals surface area contributed by atoms with Gasteiger partial charge in [0.2, 0.25) is 15.9 Å². The molecule has 0 saturated carbocycles. The Balaban J connectivity index is 0.000000232. The molecule has 10 heteroatoms. The van der Waals surface area contributed by atoms with Crippen molar-refractivity contribution in [1.82, 2.24) is 9.55 Å². The van der Waals surface area contributed by atoms with Crippen LogP contribution in [0.3, 0.4) is 0 Å². The Labute approximate surface area is 191 Å². The third kappa shape index (κ3) is 6.36. The van der Waals surface area contributed by atoms with Gasteiger partial charge in [-0.1, -0.05) is 59.4 Å². The van der Waals surface area contributed by atoms with Gasteiger partial charge >= 0.3 is 0 Å². The lowest BCUT2D eigenvalue weighted by Gasteiger charge is -2.10. The highest BCUT2D eigenvalue weighted by atomic mass is 35.5. The number of nitrogens with zero attached hydrogens (tertiary/aromatic N) is 2. The van der Waals surface area contributed by atoms with Crippen LogP contribution >= 0.6 is 34.8 Å². The van der Waals surface area contributed by atoms with Crippen molar-refractivity contribution in [3.05, 3.63) is 69.1 Å². The zero-order valence-electron chi connectivity index (χ0n) is 16.7. The Hall–Kier alpha value is -1.77. The second-order valence-corrected chi connectivity index (χ2v) is 8.99. The number of ether oxygens (including phenoxy) is 1. The number of hydrogen-bond acceptors (Lipinski definition) is 4. The molecule has 0 unspecified atom stereocenters. The quantitative estimate of drug-likeness (QED) is 0.485. The minimum Gasteiger partial charge on any atom is -0.438 e. The molecule has 0 fully saturated rings. The van der Waals surface area contributed by atoms with Crippen LogP contribution < -0.4 is 9.88 Å². The summed E-state index contributed by atoms with van der Waals surface area (Å²) in [4.78, 5) is 4.27. The Bertz CT molecular complexity index is 1110. The molecule has 0 aliphatic carbocycles. The summed E-state index contributed by atoms with van der Waals surface area (Å²) in [6.45, 7) is 6.95. The standard InChI is InChI=1S/C14H17ClN2O.C6H5Cl2NO2S/c1-4-12-16-13(15)14(17(12)5-2)18-11-8-6-10(3)7-9-11;7-5-2-1-4(3-6(5)8)12(9,10)11/h6-9H,4-5H2,1-3H3;1-3H,(H2,9,10,11). The summed E-state index contributed by atoms with van der Waals surface area (Å²) in [5, 5.41) is 5.74. The molecule has 6 nitrogen and oxygen atoms in total. The predicted molar refractivity (Wildman–Crippen MR) is 121 cm³/mol. The number of aryl methyl sites for hydroxylation is 2. The number of imidazole rings is 1. The monoisotopic (exact) mass is 489 g/mol. The molecular weight excluding hydrogens is 469 g/mol. The number of aromatic nitrogens is 2. The molecule has 0 saturated heterocycles. The van der Waals surface area contributed by atoms with Crippen molar-refractivity contribution in [1.29, 1.82) is 0 Å². The van der Waals surface area contributed by atoms with E-state index >= 15 is 0 Å². The van der Waals surface area contributed by atoms with Gasteiger partial charge in [-0.05, 0) is 44.2 Å². The molecule has 0 aliphatic rings. The van der Waals surface area contributed by atoms with Crippen molar-refractivity contribution in [2.75, 3.05) is 0 Å². The molecule has 0 aliphatic heterocycles. The van der Waals surface area contributed by atoms with E-state index in [2.05, 4.69) is 18.8 Å². The third-order valence-corrected chi connectivity index (χ3v) is 5.94. The number of halogens is 3. The summed E-state index contributed by atoms with van der Waals surface area (Å²) in [5.74, 6) is 2.35.